The van der Waals surface area contributed by atoms with Crippen molar-refractivity contribution in [3.63, 3.8) is 0 Å². The van der Waals surface area contributed by atoms with Crippen LogP contribution in [0.1, 0.15) is 0 Å². The first-order valence-corrected chi connectivity index (χ1v) is 3.99. The lowest BCUT2D eigenvalue weighted by atomic mass is 10.1. The highest BCUT2D eigenvalue weighted by Gasteiger charge is 1.90. The normalized spacial score (nSPS) is 9.42. The molecule has 12 heavy (non-hydrogen) atoms. The minimum Gasteiger partial charge on any atom is -0.412 e. The van der Waals surface area contributed by atoms with E-state index in [0.717, 1.165) is 4.90 Å². The van der Waals surface area contributed by atoms with Gasteiger partial charge in [-0.05, 0) is 22.9 Å². The van der Waals surface area contributed by atoms with Gasteiger partial charge in [0.05, 0.1) is 0 Å². The van der Waals surface area contributed by atoms with Crippen molar-refractivity contribution in [2.24, 2.45) is 0 Å². The van der Waals surface area contributed by atoms with Crippen molar-refractivity contribution in [2.45, 2.75) is 4.90 Å². The monoisotopic (exact) mass is 178 g/mol. The largest absolute Gasteiger partial charge is 0.412 e. The van der Waals surface area contributed by atoms with Gasteiger partial charge in [-0.25, -0.2) is 0 Å². The minimum atomic E-state index is 0. The van der Waals surface area contributed by atoms with Gasteiger partial charge in [0.25, 0.3) is 0 Å². The van der Waals surface area contributed by atoms with Crippen LogP contribution in [0.15, 0.2) is 47.4 Å². The fraction of sp³-hybridized carbons (Fsp3) is 0. The molecule has 0 aliphatic rings. The summed E-state index contributed by atoms with van der Waals surface area (Å²) >= 11 is 4.26. The molecule has 62 valence electrons. The lowest BCUT2D eigenvalue weighted by Gasteiger charge is -1.96. The van der Waals surface area contributed by atoms with Crippen molar-refractivity contribution in [1.29, 1.82) is 0 Å². The van der Waals surface area contributed by atoms with Gasteiger partial charge in [-0.2, -0.15) is 0 Å². The molecule has 2 rings (SSSR count). The van der Waals surface area contributed by atoms with Gasteiger partial charge in [-0.3, -0.25) is 0 Å². The molecule has 2 aromatic rings. The second-order valence-electron chi connectivity index (χ2n) is 2.53. The molecule has 0 saturated heterocycles. The van der Waals surface area contributed by atoms with Crippen molar-refractivity contribution in [1.82, 2.24) is 0 Å². The standard InChI is InChI=1S/C10H8S.H2O/c11-10-6-5-8-3-1-2-4-9(8)7-10;/h1-7,11H;1H2. The predicted molar refractivity (Wildman–Crippen MR) is 54.8 cm³/mol. The van der Waals surface area contributed by atoms with Crippen LogP contribution in [-0.2, 0) is 0 Å². The molecule has 0 aliphatic heterocycles. The van der Waals surface area contributed by atoms with Crippen LogP contribution < -0.4 is 0 Å². The van der Waals surface area contributed by atoms with Crippen LogP contribution in [0.3, 0.4) is 0 Å². The van der Waals surface area contributed by atoms with Gasteiger partial charge < -0.3 is 5.48 Å². The van der Waals surface area contributed by atoms with Gasteiger partial charge >= 0.3 is 0 Å². The number of rotatable bonds is 0. The molecule has 0 aromatic heterocycles. The van der Waals surface area contributed by atoms with E-state index in [1.165, 1.54) is 10.8 Å². The summed E-state index contributed by atoms with van der Waals surface area (Å²) in [6, 6.07) is 14.4. The quantitative estimate of drug-likeness (QED) is 0.600. The van der Waals surface area contributed by atoms with Crippen molar-refractivity contribution in [2.75, 3.05) is 0 Å². The summed E-state index contributed by atoms with van der Waals surface area (Å²) in [5.41, 5.74) is 0. The first kappa shape index (κ1) is 9.10. The second-order valence-corrected chi connectivity index (χ2v) is 3.05. The Morgan fingerprint density at radius 2 is 1.50 bits per heavy atom. The van der Waals surface area contributed by atoms with E-state index in [-0.39, 0.29) is 5.48 Å². The third-order valence-corrected chi connectivity index (χ3v) is 2.01. The Bertz CT molecular complexity index is 384. The van der Waals surface area contributed by atoms with Crippen LogP contribution >= 0.6 is 12.6 Å². The van der Waals surface area contributed by atoms with E-state index in [0.29, 0.717) is 0 Å². The Balaban J connectivity index is 0.000000720. The Morgan fingerprint density at radius 3 is 2.25 bits per heavy atom. The molecular formula is C10H10OS. The molecule has 0 radical (unpaired) electrons. The summed E-state index contributed by atoms with van der Waals surface area (Å²) in [7, 11) is 0. The van der Waals surface area contributed by atoms with Crippen molar-refractivity contribution < 1.29 is 5.48 Å². The molecule has 0 bridgehead atoms. The molecule has 2 aromatic carbocycles. The lowest BCUT2D eigenvalue weighted by Crippen LogP contribution is -1.70. The summed E-state index contributed by atoms with van der Waals surface area (Å²) in [5, 5.41) is 2.52. The topological polar surface area (TPSA) is 31.5 Å². The van der Waals surface area contributed by atoms with Gasteiger partial charge in [0.15, 0.2) is 0 Å². The molecule has 0 fully saturated rings. The van der Waals surface area contributed by atoms with E-state index >= 15 is 0 Å². The smallest absolute Gasteiger partial charge is 0.00463 e. The molecule has 2 heteroatoms. The van der Waals surface area contributed by atoms with Gasteiger partial charge in [0.2, 0.25) is 0 Å². The van der Waals surface area contributed by atoms with Crippen LogP contribution in [0.5, 0.6) is 0 Å². The maximum Gasteiger partial charge on any atom is 0.00463 e. The fourth-order valence-corrected chi connectivity index (χ4v) is 1.39. The van der Waals surface area contributed by atoms with Crippen LogP contribution in [0.25, 0.3) is 10.8 Å². The molecular weight excluding hydrogens is 168 g/mol. The second kappa shape index (κ2) is 3.61. The van der Waals surface area contributed by atoms with E-state index in [4.69, 9.17) is 0 Å². The SMILES string of the molecule is O.Sc1ccc2ccccc2c1. The Hall–Kier alpha value is -0.990. The highest BCUT2D eigenvalue weighted by atomic mass is 32.1. The van der Waals surface area contributed by atoms with Crippen LogP contribution in [0, 0.1) is 0 Å². The predicted octanol–water partition coefficient (Wildman–Crippen LogP) is 2.30. The molecule has 1 nitrogen and oxygen atoms in total. The fourth-order valence-electron chi connectivity index (χ4n) is 1.18. The summed E-state index contributed by atoms with van der Waals surface area (Å²) in [4.78, 5) is 1.02. The number of fused-ring (bicyclic) bond motifs is 1. The Labute approximate surface area is 76.7 Å². The zero-order chi connectivity index (χ0) is 7.68. The van der Waals surface area contributed by atoms with E-state index < -0.39 is 0 Å². The van der Waals surface area contributed by atoms with E-state index in [9.17, 15) is 0 Å². The first-order chi connectivity index (χ1) is 5.36. The Morgan fingerprint density at radius 1 is 0.833 bits per heavy atom. The van der Waals surface area contributed by atoms with E-state index in [2.05, 4.69) is 36.9 Å². The molecule has 0 aliphatic carbocycles. The lowest BCUT2D eigenvalue weighted by molar-refractivity contribution is 0.824. The van der Waals surface area contributed by atoms with Gasteiger partial charge in [0, 0.05) is 4.90 Å². The van der Waals surface area contributed by atoms with E-state index in [1.54, 1.807) is 0 Å². The summed E-state index contributed by atoms with van der Waals surface area (Å²) < 4.78 is 0. The number of hydrogen-bond acceptors (Lipinski definition) is 1. The number of benzene rings is 2. The van der Waals surface area contributed by atoms with Crippen LogP contribution in [-0.4, -0.2) is 5.48 Å². The molecule has 0 amide bonds. The zero-order valence-corrected chi connectivity index (χ0v) is 7.38. The summed E-state index contributed by atoms with van der Waals surface area (Å²) in [5.74, 6) is 0. The summed E-state index contributed by atoms with van der Waals surface area (Å²) in [6.45, 7) is 0. The highest BCUT2D eigenvalue weighted by molar-refractivity contribution is 7.80. The zero-order valence-electron chi connectivity index (χ0n) is 6.49. The van der Waals surface area contributed by atoms with Crippen molar-refractivity contribution in [3.05, 3.63) is 42.5 Å². The molecule has 0 unspecified atom stereocenters. The third kappa shape index (κ3) is 1.60. The average Bonchev–Trinajstić information content (AvgIpc) is 2.04. The van der Waals surface area contributed by atoms with Crippen molar-refractivity contribution in [3.8, 4) is 0 Å². The average molecular weight is 178 g/mol. The summed E-state index contributed by atoms with van der Waals surface area (Å²) in [6.07, 6.45) is 0. The van der Waals surface area contributed by atoms with Gasteiger partial charge in [0.1, 0.15) is 0 Å². The highest BCUT2D eigenvalue weighted by Crippen LogP contribution is 2.17. The van der Waals surface area contributed by atoms with E-state index in [1.807, 2.05) is 18.2 Å². The molecule has 0 atom stereocenters. The molecule has 0 heterocycles. The number of hydrogen-bond donors (Lipinski definition) is 1. The molecule has 0 spiro atoms. The number of thiol groups is 1. The maximum absolute atomic E-state index is 4.26. The van der Waals surface area contributed by atoms with Crippen LogP contribution in [0.2, 0.25) is 0 Å². The van der Waals surface area contributed by atoms with Crippen LogP contribution in [0.4, 0.5) is 0 Å². The van der Waals surface area contributed by atoms with Gasteiger partial charge in [-0.1, -0.05) is 30.3 Å². The molecule has 2 N–H and O–H groups in total. The van der Waals surface area contributed by atoms with Gasteiger partial charge in [-0.15, -0.1) is 12.6 Å². The Kier molecular flexibility index (Phi) is 2.74. The third-order valence-electron chi connectivity index (χ3n) is 1.73. The van der Waals surface area contributed by atoms with Crippen molar-refractivity contribution >= 4 is 23.4 Å². The minimum absolute atomic E-state index is 0. The molecule has 0 saturated carbocycles. The maximum atomic E-state index is 4.26. The first-order valence-electron chi connectivity index (χ1n) is 3.54.